The first-order chi connectivity index (χ1) is 16.2. The summed E-state index contributed by atoms with van der Waals surface area (Å²) >= 11 is 0. The van der Waals surface area contributed by atoms with E-state index in [-0.39, 0.29) is 5.41 Å². The van der Waals surface area contributed by atoms with Crippen molar-refractivity contribution in [2.24, 2.45) is 12.5 Å². The van der Waals surface area contributed by atoms with Gasteiger partial charge in [-0.2, -0.15) is 5.10 Å². The summed E-state index contributed by atoms with van der Waals surface area (Å²) in [4.78, 5) is 6.78. The van der Waals surface area contributed by atoms with Gasteiger partial charge in [-0.15, -0.1) is 0 Å². The zero-order valence-electron chi connectivity index (χ0n) is 20.6. The van der Waals surface area contributed by atoms with E-state index in [0.29, 0.717) is 5.92 Å². The van der Waals surface area contributed by atoms with Gasteiger partial charge in [-0.05, 0) is 42.3 Å². The Morgan fingerprint density at radius 1 is 1.00 bits per heavy atom. The molecule has 5 rings (SSSR count). The van der Waals surface area contributed by atoms with Crippen LogP contribution >= 0.6 is 0 Å². The first-order valence-electron chi connectivity index (χ1n) is 11.8. The number of nitrogens with one attached hydrogen (secondary N) is 1. The predicted octanol–water partition coefficient (Wildman–Crippen LogP) is 4.79. The molecule has 4 heterocycles. The fourth-order valence-electron chi connectivity index (χ4n) is 5.40. The van der Waals surface area contributed by atoms with Crippen molar-refractivity contribution in [3.63, 3.8) is 0 Å². The Hall–Kier alpha value is -3.22. The number of aryl methyl sites for hydroxylation is 1. The number of aromatic amines is 1. The average Bonchev–Trinajstić information content (AvgIpc) is 3.47. The Kier molecular flexibility index (Phi) is 5.46. The van der Waals surface area contributed by atoms with Crippen molar-refractivity contribution in [3.8, 4) is 22.5 Å². The van der Waals surface area contributed by atoms with Crippen LogP contribution in [0, 0.1) is 5.41 Å². The van der Waals surface area contributed by atoms with E-state index in [0.717, 1.165) is 46.7 Å². The predicted molar refractivity (Wildman–Crippen MR) is 135 cm³/mol. The number of aromatic nitrogens is 4. The molecule has 2 N–H and O–H groups in total. The molecule has 0 amide bonds. The van der Waals surface area contributed by atoms with Crippen molar-refractivity contribution < 1.29 is 5.11 Å². The zero-order valence-corrected chi connectivity index (χ0v) is 20.6. The summed E-state index contributed by atoms with van der Waals surface area (Å²) in [6.07, 6.45) is 7.68. The molecule has 34 heavy (non-hydrogen) atoms. The molecule has 1 aliphatic heterocycles. The van der Waals surface area contributed by atoms with E-state index in [9.17, 15) is 5.11 Å². The SMILES string of the molecule is CC(C)c1ccc([C@](O)(c2cncc(-c3cc(-c4ccn(C)c4)[nH]n3)c2)C2(C)CN(C)C2)cc1. The minimum Gasteiger partial charge on any atom is -0.380 e. The fraction of sp³-hybridized carbons (Fsp3) is 0.357. The number of hydrogen-bond donors (Lipinski definition) is 2. The second-order valence-corrected chi connectivity index (χ2v) is 10.4. The summed E-state index contributed by atoms with van der Waals surface area (Å²) in [5.74, 6) is 0.441. The van der Waals surface area contributed by atoms with Gasteiger partial charge in [0.2, 0.25) is 0 Å². The van der Waals surface area contributed by atoms with Crippen molar-refractivity contribution in [1.29, 1.82) is 0 Å². The molecular weight excluding hydrogens is 422 g/mol. The lowest BCUT2D eigenvalue weighted by Crippen LogP contribution is -2.63. The van der Waals surface area contributed by atoms with Crippen molar-refractivity contribution in [2.75, 3.05) is 20.1 Å². The van der Waals surface area contributed by atoms with Gasteiger partial charge < -0.3 is 14.6 Å². The van der Waals surface area contributed by atoms with Crippen LogP contribution in [0.1, 0.15) is 43.4 Å². The molecule has 0 spiro atoms. The van der Waals surface area contributed by atoms with Crippen molar-refractivity contribution >= 4 is 0 Å². The second kappa shape index (κ2) is 8.22. The summed E-state index contributed by atoms with van der Waals surface area (Å²) in [7, 11) is 4.09. The monoisotopic (exact) mass is 455 g/mol. The summed E-state index contributed by atoms with van der Waals surface area (Å²) < 4.78 is 2.01. The average molecular weight is 456 g/mol. The fourth-order valence-corrected chi connectivity index (χ4v) is 5.40. The van der Waals surface area contributed by atoms with Crippen LogP contribution in [-0.2, 0) is 12.6 Å². The Labute approximate surface area is 201 Å². The van der Waals surface area contributed by atoms with Crippen LogP contribution in [0.15, 0.2) is 67.3 Å². The smallest absolute Gasteiger partial charge is 0.124 e. The third kappa shape index (κ3) is 3.67. The van der Waals surface area contributed by atoms with Crippen LogP contribution in [-0.4, -0.2) is 49.9 Å². The van der Waals surface area contributed by atoms with Crippen molar-refractivity contribution in [1.82, 2.24) is 24.6 Å². The molecule has 1 atom stereocenters. The maximum absolute atomic E-state index is 12.4. The molecule has 0 unspecified atom stereocenters. The molecule has 1 aliphatic rings. The number of likely N-dealkylation sites (tertiary alicyclic amines) is 1. The largest absolute Gasteiger partial charge is 0.380 e. The lowest BCUT2D eigenvalue weighted by atomic mass is 9.62. The van der Waals surface area contributed by atoms with Crippen LogP contribution in [0.25, 0.3) is 22.5 Å². The van der Waals surface area contributed by atoms with Crippen LogP contribution in [0.4, 0.5) is 0 Å². The van der Waals surface area contributed by atoms with Crippen LogP contribution in [0.5, 0.6) is 0 Å². The number of rotatable bonds is 6. The maximum Gasteiger partial charge on any atom is 0.124 e. The molecule has 0 bridgehead atoms. The Balaban J connectivity index is 1.57. The van der Waals surface area contributed by atoms with Gasteiger partial charge in [0.1, 0.15) is 5.60 Å². The maximum atomic E-state index is 12.4. The number of benzene rings is 1. The van der Waals surface area contributed by atoms with E-state index in [2.05, 4.69) is 84.4 Å². The van der Waals surface area contributed by atoms with Crippen LogP contribution in [0.2, 0.25) is 0 Å². The number of aliphatic hydroxyl groups is 1. The van der Waals surface area contributed by atoms with Gasteiger partial charge in [0.15, 0.2) is 0 Å². The molecule has 1 saturated heterocycles. The van der Waals surface area contributed by atoms with Crippen molar-refractivity contribution in [2.45, 2.75) is 32.3 Å². The molecule has 6 nitrogen and oxygen atoms in total. The molecule has 6 heteroatoms. The topological polar surface area (TPSA) is 70.0 Å². The van der Waals surface area contributed by atoms with E-state index in [4.69, 9.17) is 0 Å². The van der Waals surface area contributed by atoms with Gasteiger partial charge in [-0.1, -0.05) is 45.0 Å². The van der Waals surface area contributed by atoms with E-state index in [1.54, 1.807) is 6.20 Å². The number of pyridine rings is 1. The quantitative estimate of drug-likeness (QED) is 0.439. The van der Waals surface area contributed by atoms with Gasteiger partial charge in [-0.25, -0.2) is 0 Å². The number of nitrogens with zero attached hydrogens (tertiary/aromatic N) is 4. The molecule has 1 fully saturated rings. The summed E-state index contributed by atoms with van der Waals surface area (Å²) in [5, 5.41) is 20.1. The second-order valence-electron chi connectivity index (χ2n) is 10.4. The van der Waals surface area contributed by atoms with Gasteiger partial charge in [0.05, 0.1) is 11.4 Å². The van der Waals surface area contributed by atoms with Gasteiger partial charge in [0, 0.05) is 67.0 Å². The van der Waals surface area contributed by atoms with Crippen LogP contribution in [0.3, 0.4) is 0 Å². The minimum absolute atomic E-state index is 0.331. The summed E-state index contributed by atoms with van der Waals surface area (Å²) in [6, 6.07) is 14.5. The molecule has 1 aromatic carbocycles. The van der Waals surface area contributed by atoms with Crippen molar-refractivity contribution in [3.05, 3.63) is 83.9 Å². The summed E-state index contributed by atoms with van der Waals surface area (Å²) in [5.41, 5.74) is 5.18. The Morgan fingerprint density at radius 3 is 2.35 bits per heavy atom. The molecular formula is C28H33N5O. The normalized spacial score (nSPS) is 17.5. The highest BCUT2D eigenvalue weighted by molar-refractivity contribution is 5.68. The zero-order chi connectivity index (χ0) is 24.1. The van der Waals surface area contributed by atoms with Gasteiger partial charge in [-0.3, -0.25) is 10.1 Å². The first-order valence-corrected chi connectivity index (χ1v) is 11.8. The van der Waals surface area contributed by atoms with E-state index in [1.807, 2.05) is 36.1 Å². The van der Waals surface area contributed by atoms with Crippen LogP contribution < -0.4 is 0 Å². The highest BCUT2D eigenvalue weighted by atomic mass is 16.3. The molecule has 176 valence electrons. The third-order valence-electron chi connectivity index (χ3n) is 7.28. The molecule has 0 saturated carbocycles. The molecule has 4 aromatic rings. The standard InChI is InChI=1S/C28H33N5O/c1-19(2)20-6-8-23(9-7-20)28(34,27(3)17-33(5)18-27)24-12-22(14-29-15-24)26-13-25(30-31-26)21-10-11-32(4)16-21/h6-16,19,34H,17-18H2,1-5H3,(H,30,31)/t28-/m0/s1. The van der Waals surface area contributed by atoms with E-state index < -0.39 is 5.60 Å². The summed E-state index contributed by atoms with van der Waals surface area (Å²) in [6.45, 7) is 8.15. The van der Waals surface area contributed by atoms with E-state index in [1.165, 1.54) is 5.56 Å². The lowest BCUT2D eigenvalue weighted by molar-refractivity contribution is -0.127. The molecule has 0 aliphatic carbocycles. The van der Waals surface area contributed by atoms with Gasteiger partial charge in [0.25, 0.3) is 0 Å². The highest BCUT2D eigenvalue weighted by Crippen LogP contribution is 2.50. The lowest BCUT2D eigenvalue weighted by Gasteiger charge is -2.55. The molecule has 0 radical (unpaired) electrons. The Bertz CT molecular complexity index is 1300. The Morgan fingerprint density at radius 2 is 1.74 bits per heavy atom. The van der Waals surface area contributed by atoms with Gasteiger partial charge >= 0.3 is 0 Å². The molecule has 3 aromatic heterocycles. The minimum atomic E-state index is -1.17. The first kappa shape index (κ1) is 22.6. The third-order valence-corrected chi connectivity index (χ3v) is 7.28. The highest BCUT2D eigenvalue weighted by Gasteiger charge is 2.55. The number of H-pyrrole nitrogens is 1. The number of hydrogen-bond acceptors (Lipinski definition) is 4. The van der Waals surface area contributed by atoms with E-state index >= 15 is 0 Å².